The van der Waals surface area contributed by atoms with Crippen molar-refractivity contribution in [2.75, 3.05) is 18.8 Å². The molecule has 0 radical (unpaired) electrons. The summed E-state index contributed by atoms with van der Waals surface area (Å²) in [6.45, 7) is 7.43. The Morgan fingerprint density at radius 3 is 2.08 bits per heavy atom. The first-order valence-electron chi connectivity index (χ1n) is 8.90. The van der Waals surface area contributed by atoms with Crippen molar-refractivity contribution in [1.82, 2.24) is 14.9 Å². The number of hydrogen-bond acceptors (Lipinski definition) is 3. The molecular formula is C21H25N3S. The van der Waals surface area contributed by atoms with Crippen molar-refractivity contribution in [2.45, 2.75) is 25.5 Å². The molecule has 0 saturated heterocycles. The summed E-state index contributed by atoms with van der Waals surface area (Å²) in [7, 11) is 0. The molecule has 2 aromatic carbocycles. The zero-order chi connectivity index (χ0) is 17.5. The molecule has 0 spiro atoms. The summed E-state index contributed by atoms with van der Waals surface area (Å²) in [5, 5.41) is 4.25. The average molecular weight is 352 g/mol. The van der Waals surface area contributed by atoms with E-state index in [-0.39, 0.29) is 0 Å². The van der Waals surface area contributed by atoms with Crippen LogP contribution in [0.5, 0.6) is 0 Å². The molecular weight excluding hydrogens is 326 g/mol. The van der Waals surface area contributed by atoms with E-state index in [1.165, 1.54) is 16.8 Å². The molecule has 0 aliphatic carbocycles. The van der Waals surface area contributed by atoms with Gasteiger partial charge in [0.1, 0.15) is 0 Å². The number of nitrogens with zero attached hydrogens (tertiary/aromatic N) is 2. The van der Waals surface area contributed by atoms with Gasteiger partial charge in [0, 0.05) is 23.4 Å². The second-order valence-electron chi connectivity index (χ2n) is 5.78. The maximum atomic E-state index is 4.86. The van der Waals surface area contributed by atoms with Crippen LogP contribution in [0.4, 0.5) is 0 Å². The predicted octanol–water partition coefficient (Wildman–Crippen LogP) is 4.94. The molecule has 0 fully saturated rings. The molecule has 1 aromatic heterocycles. The molecule has 0 bridgehead atoms. The Balaban J connectivity index is 0.000000324. The van der Waals surface area contributed by atoms with E-state index in [0.717, 1.165) is 36.2 Å². The van der Waals surface area contributed by atoms with Gasteiger partial charge in [-0.2, -0.15) is 0 Å². The fourth-order valence-corrected chi connectivity index (χ4v) is 3.86. The summed E-state index contributed by atoms with van der Waals surface area (Å²) in [4.78, 5) is 4.86. The van der Waals surface area contributed by atoms with E-state index in [2.05, 4.69) is 78.3 Å². The van der Waals surface area contributed by atoms with Crippen molar-refractivity contribution in [3.8, 4) is 22.5 Å². The summed E-state index contributed by atoms with van der Waals surface area (Å²) in [5.41, 5.74) is 4.78. The zero-order valence-corrected chi connectivity index (χ0v) is 15.7. The highest BCUT2D eigenvalue weighted by Gasteiger charge is 2.23. The molecule has 25 heavy (non-hydrogen) atoms. The Kier molecular flexibility index (Phi) is 6.31. The molecule has 3 aromatic rings. The van der Waals surface area contributed by atoms with E-state index in [9.17, 15) is 0 Å². The second-order valence-corrected chi connectivity index (χ2v) is 6.84. The number of rotatable bonds is 4. The standard InChI is InChI=1S/C17H14N2S.C4H11N/c1-3-7-13(8-4-1)15-16(14-9-5-2-6-10-14)19-11-12-20-17(19)18-15;1-3-5-4-2/h1-10H,11-12H2;5H,3-4H2,1-2H3. The molecule has 1 aliphatic heterocycles. The molecule has 2 heterocycles. The highest BCUT2D eigenvalue weighted by molar-refractivity contribution is 7.99. The van der Waals surface area contributed by atoms with Crippen LogP contribution >= 0.6 is 11.8 Å². The molecule has 130 valence electrons. The van der Waals surface area contributed by atoms with Crippen LogP contribution in [0.3, 0.4) is 0 Å². The summed E-state index contributed by atoms with van der Waals surface area (Å²) in [6, 6.07) is 21.0. The van der Waals surface area contributed by atoms with Gasteiger partial charge in [-0.05, 0) is 13.1 Å². The molecule has 1 aliphatic rings. The highest BCUT2D eigenvalue weighted by atomic mass is 32.2. The minimum Gasteiger partial charge on any atom is -0.318 e. The van der Waals surface area contributed by atoms with Crippen molar-refractivity contribution in [2.24, 2.45) is 0 Å². The highest BCUT2D eigenvalue weighted by Crippen LogP contribution is 2.38. The van der Waals surface area contributed by atoms with Crippen LogP contribution in [0, 0.1) is 0 Å². The molecule has 0 amide bonds. The van der Waals surface area contributed by atoms with Crippen molar-refractivity contribution < 1.29 is 0 Å². The third-order valence-corrected chi connectivity index (χ3v) is 5.03. The minimum absolute atomic E-state index is 1.05. The summed E-state index contributed by atoms with van der Waals surface area (Å²) in [6.07, 6.45) is 0. The minimum atomic E-state index is 1.05. The number of nitrogens with one attached hydrogen (secondary N) is 1. The van der Waals surface area contributed by atoms with Crippen molar-refractivity contribution in [3.63, 3.8) is 0 Å². The molecule has 1 N–H and O–H groups in total. The number of fused-ring (bicyclic) bond motifs is 1. The third kappa shape index (κ3) is 4.14. The molecule has 4 rings (SSSR count). The fourth-order valence-electron chi connectivity index (χ4n) is 2.91. The third-order valence-electron chi connectivity index (χ3n) is 4.07. The van der Waals surface area contributed by atoms with Crippen molar-refractivity contribution in [3.05, 3.63) is 60.7 Å². The fraction of sp³-hybridized carbons (Fsp3) is 0.286. The number of imidazole rings is 1. The topological polar surface area (TPSA) is 29.9 Å². The van der Waals surface area contributed by atoms with Gasteiger partial charge in [-0.25, -0.2) is 4.98 Å². The Bertz CT molecular complexity index is 780. The maximum Gasteiger partial charge on any atom is 0.169 e. The van der Waals surface area contributed by atoms with Gasteiger partial charge in [-0.3, -0.25) is 0 Å². The van der Waals surface area contributed by atoms with Crippen LogP contribution in [0.1, 0.15) is 13.8 Å². The summed E-state index contributed by atoms with van der Waals surface area (Å²) in [5.74, 6) is 1.12. The first kappa shape index (κ1) is 17.8. The van der Waals surface area contributed by atoms with Crippen LogP contribution in [0.25, 0.3) is 22.5 Å². The van der Waals surface area contributed by atoms with Gasteiger partial charge in [0.05, 0.1) is 11.4 Å². The van der Waals surface area contributed by atoms with Gasteiger partial charge in [0.2, 0.25) is 0 Å². The van der Waals surface area contributed by atoms with Crippen LogP contribution in [-0.2, 0) is 6.54 Å². The predicted molar refractivity (Wildman–Crippen MR) is 108 cm³/mol. The lowest BCUT2D eigenvalue weighted by Crippen LogP contribution is -2.09. The van der Waals surface area contributed by atoms with Gasteiger partial charge >= 0.3 is 0 Å². The van der Waals surface area contributed by atoms with E-state index in [1.807, 2.05) is 17.8 Å². The average Bonchev–Trinajstić information content (AvgIpc) is 3.25. The Hall–Kier alpha value is -2.04. The quantitative estimate of drug-likeness (QED) is 0.722. The van der Waals surface area contributed by atoms with Gasteiger partial charge in [0.15, 0.2) is 5.16 Å². The van der Waals surface area contributed by atoms with Crippen LogP contribution in [-0.4, -0.2) is 28.4 Å². The Labute approximate surface area is 154 Å². The number of hydrogen-bond donors (Lipinski definition) is 1. The summed E-state index contributed by atoms with van der Waals surface area (Å²) >= 11 is 1.84. The van der Waals surface area contributed by atoms with E-state index >= 15 is 0 Å². The van der Waals surface area contributed by atoms with Gasteiger partial charge in [-0.15, -0.1) is 0 Å². The first-order chi connectivity index (χ1) is 12.3. The monoisotopic (exact) mass is 351 g/mol. The van der Waals surface area contributed by atoms with E-state index < -0.39 is 0 Å². The largest absolute Gasteiger partial charge is 0.318 e. The van der Waals surface area contributed by atoms with E-state index in [0.29, 0.717) is 0 Å². The van der Waals surface area contributed by atoms with Crippen LogP contribution < -0.4 is 5.32 Å². The first-order valence-corrected chi connectivity index (χ1v) is 9.88. The second kappa shape index (κ2) is 8.88. The van der Waals surface area contributed by atoms with Crippen LogP contribution in [0.15, 0.2) is 65.8 Å². The lowest BCUT2D eigenvalue weighted by atomic mass is 10.0. The van der Waals surface area contributed by atoms with E-state index in [1.54, 1.807) is 0 Å². The summed E-state index contributed by atoms with van der Waals surface area (Å²) < 4.78 is 2.35. The lowest BCUT2D eigenvalue weighted by molar-refractivity contribution is 0.726. The lowest BCUT2D eigenvalue weighted by Gasteiger charge is -2.08. The normalized spacial score (nSPS) is 12.4. The molecule has 4 heteroatoms. The SMILES string of the molecule is CCNCC.c1ccc(-c2nc3n(c2-c2ccccc2)CCS3)cc1. The number of thioether (sulfide) groups is 1. The Morgan fingerprint density at radius 2 is 1.52 bits per heavy atom. The maximum absolute atomic E-state index is 4.86. The van der Waals surface area contributed by atoms with Gasteiger partial charge in [0.25, 0.3) is 0 Å². The number of aromatic nitrogens is 2. The Morgan fingerprint density at radius 1 is 0.920 bits per heavy atom. The van der Waals surface area contributed by atoms with Crippen LogP contribution in [0.2, 0.25) is 0 Å². The smallest absolute Gasteiger partial charge is 0.169 e. The molecule has 0 atom stereocenters. The van der Waals surface area contributed by atoms with Gasteiger partial charge in [-0.1, -0.05) is 86.3 Å². The number of benzene rings is 2. The molecule has 0 saturated carbocycles. The van der Waals surface area contributed by atoms with E-state index in [4.69, 9.17) is 4.98 Å². The molecule has 3 nitrogen and oxygen atoms in total. The molecule has 0 unspecified atom stereocenters. The zero-order valence-electron chi connectivity index (χ0n) is 14.9. The van der Waals surface area contributed by atoms with Crippen molar-refractivity contribution in [1.29, 1.82) is 0 Å². The van der Waals surface area contributed by atoms with Gasteiger partial charge < -0.3 is 9.88 Å². The van der Waals surface area contributed by atoms with Crippen molar-refractivity contribution >= 4 is 11.8 Å².